The summed E-state index contributed by atoms with van der Waals surface area (Å²) in [6, 6.07) is 8.05. The minimum atomic E-state index is 0.142. The summed E-state index contributed by atoms with van der Waals surface area (Å²) in [6.07, 6.45) is 0.416. The van der Waals surface area contributed by atoms with Gasteiger partial charge in [0.1, 0.15) is 5.75 Å². The number of morpholine rings is 1. The number of methoxy groups -OCH3 is 1. The Labute approximate surface area is 90.4 Å². The number of nitrogens with one attached hydrogen (secondary N) is 1. The molecule has 0 saturated carbocycles. The smallest absolute Gasteiger partial charge is 0.119 e. The van der Waals surface area contributed by atoms with Crippen molar-refractivity contribution in [2.75, 3.05) is 20.2 Å². The fourth-order valence-corrected chi connectivity index (χ4v) is 1.83. The van der Waals surface area contributed by atoms with Crippen LogP contribution in [0.4, 0.5) is 0 Å². The average molecular weight is 207 g/mol. The van der Waals surface area contributed by atoms with Crippen molar-refractivity contribution in [3.05, 3.63) is 29.8 Å². The monoisotopic (exact) mass is 207 g/mol. The predicted octanol–water partition coefficient (Wildman–Crippen LogP) is 1.74. The molecule has 1 fully saturated rings. The van der Waals surface area contributed by atoms with Crippen LogP contribution in [-0.4, -0.2) is 26.3 Å². The van der Waals surface area contributed by atoms with Gasteiger partial charge >= 0.3 is 0 Å². The van der Waals surface area contributed by atoms with Crippen LogP contribution in [0.3, 0.4) is 0 Å². The Bertz CT molecular complexity index is 327. The van der Waals surface area contributed by atoms with E-state index in [-0.39, 0.29) is 12.2 Å². The predicted molar refractivity (Wildman–Crippen MR) is 59.2 cm³/mol. The summed E-state index contributed by atoms with van der Waals surface area (Å²) >= 11 is 0. The lowest BCUT2D eigenvalue weighted by atomic mass is 10.1. The van der Waals surface area contributed by atoms with Crippen molar-refractivity contribution >= 4 is 0 Å². The zero-order chi connectivity index (χ0) is 10.7. The van der Waals surface area contributed by atoms with Crippen molar-refractivity contribution in [3.8, 4) is 5.75 Å². The summed E-state index contributed by atoms with van der Waals surface area (Å²) in [6.45, 7) is 3.89. The average Bonchev–Trinajstić information content (AvgIpc) is 2.29. The molecule has 1 aromatic rings. The molecule has 1 N–H and O–H groups in total. The van der Waals surface area contributed by atoms with Crippen LogP contribution in [0.5, 0.6) is 5.75 Å². The highest BCUT2D eigenvalue weighted by atomic mass is 16.5. The molecule has 1 aliphatic rings. The molecule has 3 heteroatoms. The van der Waals surface area contributed by atoms with Crippen molar-refractivity contribution in [2.24, 2.45) is 0 Å². The van der Waals surface area contributed by atoms with Crippen LogP contribution >= 0.6 is 0 Å². The van der Waals surface area contributed by atoms with Crippen LogP contribution in [0.25, 0.3) is 0 Å². The molecule has 1 aromatic carbocycles. The largest absolute Gasteiger partial charge is 0.497 e. The molecule has 0 spiro atoms. The highest BCUT2D eigenvalue weighted by Gasteiger charge is 2.20. The van der Waals surface area contributed by atoms with E-state index in [1.54, 1.807) is 7.11 Å². The summed E-state index contributed by atoms with van der Waals surface area (Å²) in [5.74, 6) is 0.884. The lowest BCUT2D eigenvalue weighted by Crippen LogP contribution is -2.38. The van der Waals surface area contributed by atoms with Gasteiger partial charge in [-0.2, -0.15) is 0 Å². The first-order chi connectivity index (χ1) is 7.29. The fraction of sp³-hybridized carbons (Fsp3) is 0.500. The number of hydrogen-bond acceptors (Lipinski definition) is 3. The van der Waals surface area contributed by atoms with Crippen molar-refractivity contribution < 1.29 is 9.47 Å². The standard InChI is InChI=1S/C12H17NO2/c1-9-7-13-8-12(15-9)10-4-3-5-11(6-10)14-2/h3-6,9,12-13H,7-8H2,1-2H3. The van der Waals surface area contributed by atoms with Gasteiger partial charge in [-0.3, -0.25) is 0 Å². The molecule has 0 radical (unpaired) electrons. The van der Waals surface area contributed by atoms with Gasteiger partial charge in [0.2, 0.25) is 0 Å². The molecule has 0 aliphatic carbocycles. The van der Waals surface area contributed by atoms with E-state index in [9.17, 15) is 0 Å². The molecule has 1 aliphatic heterocycles. The molecular weight excluding hydrogens is 190 g/mol. The van der Waals surface area contributed by atoms with E-state index in [0.717, 1.165) is 18.8 Å². The Morgan fingerprint density at radius 3 is 3.00 bits per heavy atom. The Hall–Kier alpha value is -1.06. The lowest BCUT2D eigenvalue weighted by Gasteiger charge is -2.29. The van der Waals surface area contributed by atoms with Crippen molar-refractivity contribution in [2.45, 2.75) is 19.1 Å². The third kappa shape index (κ3) is 2.49. The van der Waals surface area contributed by atoms with Gasteiger partial charge in [0.05, 0.1) is 19.3 Å². The maximum absolute atomic E-state index is 5.85. The summed E-state index contributed by atoms with van der Waals surface area (Å²) in [5.41, 5.74) is 1.17. The second kappa shape index (κ2) is 4.64. The van der Waals surface area contributed by atoms with E-state index >= 15 is 0 Å². The van der Waals surface area contributed by atoms with Gasteiger partial charge in [-0.15, -0.1) is 0 Å². The molecule has 0 bridgehead atoms. The number of rotatable bonds is 2. The topological polar surface area (TPSA) is 30.5 Å². The van der Waals surface area contributed by atoms with E-state index in [0.29, 0.717) is 0 Å². The molecular formula is C12H17NO2. The highest BCUT2D eigenvalue weighted by molar-refractivity contribution is 5.30. The minimum absolute atomic E-state index is 0.142. The molecule has 2 rings (SSSR count). The van der Waals surface area contributed by atoms with Crippen molar-refractivity contribution in [1.82, 2.24) is 5.32 Å². The van der Waals surface area contributed by atoms with E-state index in [4.69, 9.17) is 9.47 Å². The lowest BCUT2D eigenvalue weighted by molar-refractivity contribution is -0.0287. The van der Waals surface area contributed by atoms with Gasteiger partial charge in [0, 0.05) is 13.1 Å². The van der Waals surface area contributed by atoms with Crippen LogP contribution in [0.15, 0.2) is 24.3 Å². The first-order valence-electron chi connectivity index (χ1n) is 5.29. The van der Waals surface area contributed by atoms with Gasteiger partial charge in [0.15, 0.2) is 0 Å². The molecule has 15 heavy (non-hydrogen) atoms. The molecule has 82 valence electrons. The Morgan fingerprint density at radius 1 is 1.40 bits per heavy atom. The minimum Gasteiger partial charge on any atom is -0.497 e. The van der Waals surface area contributed by atoms with Crippen LogP contribution < -0.4 is 10.1 Å². The zero-order valence-corrected chi connectivity index (χ0v) is 9.19. The van der Waals surface area contributed by atoms with Crippen LogP contribution in [0, 0.1) is 0 Å². The van der Waals surface area contributed by atoms with Crippen molar-refractivity contribution in [3.63, 3.8) is 0 Å². The van der Waals surface area contributed by atoms with E-state index in [1.807, 2.05) is 18.2 Å². The highest BCUT2D eigenvalue weighted by Crippen LogP contribution is 2.24. The first-order valence-corrected chi connectivity index (χ1v) is 5.29. The summed E-state index contributed by atoms with van der Waals surface area (Å²) in [4.78, 5) is 0. The van der Waals surface area contributed by atoms with Gasteiger partial charge in [0.25, 0.3) is 0 Å². The number of ether oxygens (including phenoxy) is 2. The van der Waals surface area contributed by atoms with E-state index < -0.39 is 0 Å². The van der Waals surface area contributed by atoms with Gasteiger partial charge < -0.3 is 14.8 Å². The van der Waals surface area contributed by atoms with Crippen LogP contribution in [0.1, 0.15) is 18.6 Å². The molecule has 0 amide bonds. The Morgan fingerprint density at radius 2 is 2.27 bits per heavy atom. The number of hydrogen-bond donors (Lipinski definition) is 1. The van der Waals surface area contributed by atoms with Crippen LogP contribution in [-0.2, 0) is 4.74 Å². The fourth-order valence-electron chi connectivity index (χ4n) is 1.83. The third-order valence-corrected chi connectivity index (χ3v) is 2.62. The Balaban J connectivity index is 2.13. The molecule has 3 nitrogen and oxygen atoms in total. The molecule has 2 unspecified atom stereocenters. The maximum atomic E-state index is 5.85. The second-order valence-corrected chi connectivity index (χ2v) is 3.87. The first kappa shape index (κ1) is 10.5. The van der Waals surface area contributed by atoms with E-state index in [1.165, 1.54) is 5.56 Å². The summed E-state index contributed by atoms with van der Waals surface area (Å²) in [5, 5.41) is 3.35. The SMILES string of the molecule is COc1cccc(C2CNCC(C)O2)c1. The third-order valence-electron chi connectivity index (χ3n) is 2.62. The molecule has 2 atom stereocenters. The molecule has 1 heterocycles. The van der Waals surface area contributed by atoms with Gasteiger partial charge in [-0.05, 0) is 24.6 Å². The van der Waals surface area contributed by atoms with E-state index in [2.05, 4.69) is 18.3 Å². The van der Waals surface area contributed by atoms with Gasteiger partial charge in [-0.25, -0.2) is 0 Å². The summed E-state index contributed by atoms with van der Waals surface area (Å²) in [7, 11) is 1.68. The second-order valence-electron chi connectivity index (χ2n) is 3.87. The maximum Gasteiger partial charge on any atom is 0.119 e. The van der Waals surface area contributed by atoms with Crippen molar-refractivity contribution in [1.29, 1.82) is 0 Å². The Kier molecular flexibility index (Phi) is 3.23. The molecule has 0 aromatic heterocycles. The van der Waals surface area contributed by atoms with Gasteiger partial charge in [-0.1, -0.05) is 12.1 Å². The number of benzene rings is 1. The van der Waals surface area contributed by atoms with Crippen LogP contribution in [0.2, 0.25) is 0 Å². The normalized spacial score (nSPS) is 26.3. The zero-order valence-electron chi connectivity index (χ0n) is 9.19. The quantitative estimate of drug-likeness (QED) is 0.801. The molecule has 1 saturated heterocycles. The summed E-state index contributed by atoms with van der Waals surface area (Å²) < 4.78 is 11.1.